The Bertz CT molecular complexity index is 462. The molecule has 0 aromatic heterocycles. The Balaban J connectivity index is 2.37. The summed E-state index contributed by atoms with van der Waals surface area (Å²) in [6.45, 7) is 2.61. The molecule has 21 heavy (non-hydrogen) atoms. The number of nitrogens with two attached hydrogens (primary N) is 1. The van der Waals surface area contributed by atoms with Gasteiger partial charge in [0.05, 0.1) is 6.61 Å². The van der Waals surface area contributed by atoms with Gasteiger partial charge in [0.25, 0.3) is 0 Å². The van der Waals surface area contributed by atoms with E-state index >= 15 is 0 Å². The summed E-state index contributed by atoms with van der Waals surface area (Å²) in [7, 11) is 0. The molecule has 0 aliphatic carbocycles. The normalized spacial score (nSPS) is 11.5. The van der Waals surface area contributed by atoms with Crippen LogP contribution in [0.1, 0.15) is 19.8 Å². The van der Waals surface area contributed by atoms with Crippen molar-refractivity contribution in [3.63, 3.8) is 0 Å². The van der Waals surface area contributed by atoms with E-state index < -0.39 is 18.0 Å². The fraction of sp³-hybridized carbons (Fsp3) is 0.429. The zero-order chi connectivity index (χ0) is 15.7. The van der Waals surface area contributed by atoms with Crippen molar-refractivity contribution in [3.05, 3.63) is 24.3 Å². The Morgan fingerprint density at radius 1 is 1.33 bits per heavy atom. The summed E-state index contributed by atoms with van der Waals surface area (Å²) < 4.78 is 5.50. The van der Waals surface area contributed by atoms with E-state index in [1.165, 1.54) is 0 Å². The quantitative estimate of drug-likeness (QED) is 0.541. The van der Waals surface area contributed by atoms with Crippen molar-refractivity contribution in [2.45, 2.75) is 25.8 Å². The molecule has 2 amide bonds. The second kappa shape index (κ2) is 8.80. The van der Waals surface area contributed by atoms with Gasteiger partial charge in [-0.3, -0.25) is 4.79 Å². The Morgan fingerprint density at radius 2 is 2.00 bits per heavy atom. The second-order valence-electron chi connectivity index (χ2n) is 4.51. The number of hydrogen-bond acceptors (Lipinski definition) is 4. The number of benzene rings is 1. The third-order valence-electron chi connectivity index (χ3n) is 2.68. The highest BCUT2D eigenvalue weighted by Crippen LogP contribution is 2.15. The van der Waals surface area contributed by atoms with Gasteiger partial charge in [0, 0.05) is 12.2 Å². The molecule has 1 rings (SSSR count). The maximum Gasteiger partial charge on any atom is 0.322 e. The Labute approximate surface area is 123 Å². The molecule has 1 aromatic rings. The van der Waals surface area contributed by atoms with Crippen molar-refractivity contribution in [1.82, 2.24) is 5.32 Å². The largest absolute Gasteiger partial charge is 0.494 e. The first-order valence-electron chi connectivity index (χ1n) is 6.79. The standard InChI is InChI=1S/C14H21N3O4/c1-2-3-8-21-11-6-4-10(5-7-11)17-14(20)16-9-12(15)13(18)19/h4-7,12H,2-3,8-9,15H2,1H3,(H,18,19)(H2,16,17,20)/t12-/m0/s1. The highest BCUT2D eigenvalue weighted by atomic mass is 16.5. The summed E-state index contributed by atoms with van der Waals surface area (Å²) in [5.41, 5.74) is 5.86. The van der Waals surface area contributed by atoms with Crippen molar-refractivity contribution in [2.75, 3.05) is 18.5 Å². The lowest BCUT2D eigenvalue weighted by molar-refractivity contribution is -0.138. The van der Waals surface area contributed by atoms with Crippen LogP contribution in [0.15, 0.2) is 24.3 Å². The summed E-state index contributed by atoms with van der Waals surface area (Å²) in [5.74, 6) is -0.425. The monoisotopic (exact) mass is 295 g/mol. The topological polar surface area (TPSA) is 114 Å². The molecule has 0 spiro atoms. The number of anilines is 1. The molecule has 0 bridgehead atoms. The average molecular weight is 295 g/mol. The number of carboxylic acids is 1. The molecule has 0 saturated heterocycles. The van der Waals surface area contributed by atoms with Crippen molar-refractivity contribution in [2.24, 2.45) is 5.73 Å². The number of urea groups is 1. The molecule has 0 aliphatic heterocycles. The van der Waals surface area contributed by atoms with E-state index in [9.17, 15) is 9.59 Å². The molecule has 0 saturated carbocycles. The number of aliphatic carboxylic acids is 1. The maximum absolute atomic E-state index is 11.5. The summed E-state index contributed by atoms with van der Waals surface area (Å²) >= 11 is 0. The van der Waals surface area contributed by atoms with Gasteiger partial charge in [-0.2, -0.15) is 0 Å². The van der Waals surface area contributed by atoms with Crippen LogP contribution in [0, 0.1) is 0 Å². The van der Waals surface area contributed by atoms with E-state index in [1.807, 2.05) is 0 Å². The van der Waals surface area contributed by atoms with Crippen molar-refractivity contribution >= 4 is 17.7 Å². The third-order valence-corrected chi connectivity index (χ3v) is 2.68. The van der Waals surface area contributed by atoms with E-state index in [-0.39, 0.29) is 6.54 Å². The first-order chi connectivity index (χ1) is 10.0. The summed E-state index contributed by atoms with van der Waals surface area (Å²) in [4.78, 5) is 22.0. The SMILES string of the molecule is CCCCOc1ccc(NC(=O)NC[C@H](N)C(=O)O)cc1. The number of carbonyl (C=O) groups is 2. The molecule has 1 atom stereocenters. The van der Waals surface area contributed by atoms with E-state index in [2.05, 4.69) is 17.6 Å². The number of amides is 2. The van der Waals surface area contributed by atoms with Crippen LogP contribution in [0.3, 0.4) is 0 Å². The first kappa shape index (κ1) is 16.8. The molecule has 5 N–H and O–H groups in total. The predicted molar refractivity (Wildman–Crippen MR) is 79.5 cm³/mol. The van der Waals surface area contributed by atoms with Crippen molar-refractivity contribution < 1.29 is 19.4 Å². The van der Waals surface area contributed by atoms with Crippen LogP contribution in [0.5, 0.6) is 5.75 Å². The minimum absolute atomic E-state index is 0.140. The summed E-state index contributed by atoms with van der Waals surface area (Å²) in [6.07, 6.45) is 2.06. The van der Waals surface area contributed by atoms with Gasteiger partial charge in [0.1, 0.15) is 11.8 Å². The third kappa shape index (κ3) is 6.62. The predicted octanol–water partition coefficient (Wildman–Crippen LogP) is 1.40. The van der Waals surface area contributed by atoms with E-state index in [0.29, 0.717) is 12.3 Å². The molecule has 7 nitrogen and oxygen atoms in total. The van der Waals surface area contributed by atoms with Crippen LogP contribution in [0.25, 0.3) is 0 Å². The van der Waals surface area contributed by atoms with Crippen LogP contribution in [-0.4, -0.2) is 36.3 Å². The van der Waals surface area contributed by atoms with Gasteiger partial charge in [-0.05, 0) is 30.7 Å². The van der Waals surface area contributed by atoms with Crippen molar-refractivity contribution in [1.29, 1.82) is 0 Å². The molecule has 0 fully saturated rings. The zero-order valence-electron chi connectivity index (χ0n) is 12.0. The number of unbranched alkanes of at least 4 members (excludes halogenated alkanes) is 1. The van der Waals surface area contributed by atoms with E-state index in [0.717, 1.165) is 18.6 Å². The highest BCUT2D eigenvalue weighted by Gasteiger charge is 2.12. The highest BCUT2D eigenvalue weighted by molar-refractivity contribution is 5.89. The van der Waals surface area contributed by atoms with Gasteiger partial charge in [0.15, 0.2) is 0 Å². The van der Waals surface area contributed by atoms with E-state index in [1.54, 1.807) is 24.3 Å². The van der Waals surface area contributed by atoms with Crippen LogP contribution in [-0.2, 0) is 4.79 Å². The van der Waals surface area contributed by atoms with Gasteiger partial charge >= 0.3 is 12.0 Å². The number of carboxylic acid groups (broad SMARTS) is 1. The van der Waals surface area contributed by atoms with Gasteiger partial charge in [-0.25, -0.2) is 4.79 Å². The molecule has 116 valence electrons. The molecule has 1 aromatic carbocycles. The lowest BCUT2D eigenvalue weighted by Gasteiger charge is -2.10. The molecule has 0 heterocycles. The molecular formula is C14H21N3O4. The molecule has 0 radical (unpaired) electrons. The van der Waals surface area contributed by atoms with Crippen LogP contribution in [0.4, 0.5) is 10.5 Å². The minimum atomic E-state index is -1.16. The smallest absolute Gasteiger partial charge is 0.322 e. The Morgan fingerprint density at radius 3 is 2.57 bits per heavy atom. The van der Waals surface area contributed by atoms with Gasteiger partial charge in [0.2, 0.25) is 0 Å². The molecule has 0 unspecified atom stereocenters. The fourth-order valence-electron chi connectivity index (χ4n) is 1.43. The zero-order valence-corrected chi connectivity index (χ0v) is 12.0. The van der Waals surface area contributed by atoms with Gasteiger partial charge in [-0.1, -0.05) is 13.3 Å². The lowest BCUT2D eigenvalue weighted by atomic mass is 10.3. The summed E-state index contributed by atoms with van der Waals surface area (Å²) in [5, 5.41) is 13.6. The molecule has 7 heteroatoms. The average Bonchev–Trinajstić information content (AvgIpc) is 2.46. The number of ether oxygens (including phenoxy) is 1. The number of hydrogen-bond donors (Lipinski definition) is 4. The maximum atomic E-state index is 11.5. The minimum Gasteiger partial charge on any atom is -0.494 e. The van der Waals surface area contributed by atoms with Crippen LogP contribution >= 0.6 is 0 Å². The van der Waals surface area contributed by atoms with E-state index in [4.69, 9.17) is 15.6 Å². The van der Waals surface area contributed by atoms with Crippen molar-refractivity contribution in [3.8, 4) is 5.75 Å². The molecule has 0 aliphatic rings. The van der Waals surface area contributed by atoms with Crippen LogP contribution < -0.4 is 21.1 Å². The van der Waals surface area contributed by atoms with Gasteiger partial charge in [-0.15, -0.1) is 0 Å². The first-order valence-corrected chi connectivity index (χ1v) is 6.79. The number of nitrogens with one attached hydrogen (secondary N) is 2. The summed E-state index contributed by atoms with van der Waals surface area (Å²) in [6, 6.07) is 5.30. The fourth-order valence-corrected chi connectivity index (χ4v) is 1.43. The van der Waals surface area contributed by atoms with Crippen LogP contribution in [0.2, 0.25) is 0 Å². The number of rotatable bonds is 8. The van der Waals surface area contributed by atoms with Gasteiger partial charge < -0.3 is 26.2 Å². The second-order valence-corrected chi connectivity index (χ2v) is 4.51. The number of carbonyl (C=O) groups excluding carboxylic acids is 1. The Hall–Kier alpha value is -2.28. The Kier molecular flexibility index (Phi) is 7.03. The molecular weight excluding hydrogens is 274 g/mol. The lowest BCUT2D eigenvalue weighted by Crippen LogP contribution is -2.43.